The van der Waals surface area contributed by atoms with Crippen molar-refractivity contribution >= 4 is 82.8 Å². The number of hydrogen-bond donors (Lipinski definition) is 6. The van der Waals surface area contributed by atoms with Gasteiger partial charge in [0, 0.05) is 73.4 Å². The van der Waals surface area contributed by atoms with Gasteiger partial charge < -0.3 is 74.2 Å². The quantitative estimate of drug-likeness (QED) is 0.0185. The van der Waals surface area contributed by atoms with E-state index in [1.54, 1.807) is 16.8 Å². The monoisotopic (exact) mass is 1200 g/mol. The number of carboxylic acids is 1. The first kappa shape index (κ1) is 61.9. The third kappa shape index (κ3) is 17.2. The molecule has 81 heavy (non-hydrogen) atoms. The first-order valence-electron chi connectivity index (χ1n) is 24.6. The molecule has 3 aliphatic rings. The maximum Gasteiger partial charge on any atom is 0.336 e. The van der Waals surface area contributed by atoms with Crippen LogP contribution in [0.1, 0.15) is 96.7 Å². The molecular weight excluding hydrogens is 1150 g/mol. The van der Waals surface area contributed by atoms with Crippen molar-refractivity contribution in [3.8, 4) is 40.0 Å². The number of aromatic carboxylic acids is 1. The van der Waals surface area contributed by atoms with Crippen molar-refractivity contribution in [1.82, 2.24) is 30.5 Å². The summed E-state index contributed by atoms with van der Waals surface area (Å²) in [7, 11) is -23.6. The van der Waals surface area contributed by atoms with Crippen LogP contribution in [0.3, 0.4) is 0 Å². The number of nitrogens with one attached hydrogen (secondary N) is 3. The van der Waals surface area contributed by atoms with Crippen molar-refractivity contribution in [3.05, 3.63) is 94.0 Å². The second-order valence-electron chi connectivity index (χ2n) is 17.9. The molecule has 7 rings (SSSR count). The number of ether oxygens (including phenoxy) is 1. The Morgan fingerprint density at radius 2 is 1.47 bits per heavy atom. The number of aromatic hydroxyl groups is 1. The van der Waals surface area contributed by atoms with Crippen molar-refractivity contribution in [2.45, 2.75) is 76.5 Å². The number of carbonyl (C=O) groups excluding carboxylic acids is 3. The minimum absolute atomic E-state index is 0.0309. The van der Waals surface area contributed by atoms with Crippen LogP contribution in [-0.2, 0) is 54.6 Å². The van der Waals surface area contributed by atoms with Crippen LogP contribution in [0.2, 0.25) is 0 Å². The van der Waals surface area contributed by atoms with Gasteiger partial charge >= 0.3 is 5.97 Å². The number of nitrogens with two attached hydrogens (primary N) is 1. The van der Waals surface area contributed by atoms with Gasteiger partial charge in [0.15, 0.2) is 5.43 Å². The molecule has 7 N–H and O–H groups in total. The molecule has 33 heteroatoms. The molecule has 4 aromatic rings. The Bertz CT molecular complexity index is 3640. The molecule has 6 atom stereocenters. The summed E-state index contributed by atoms with van der Waals surface area (Å²) < 4.78 is 79.2. The highest BCUT2D eigenvalue weighted by Crippen LogP contribution is 2.66. The molecule has 29 nitrogen and oxygen atoms in total. The number of phenols is 1. The molecule has 0 spiro atoms. The van der Waals surface area contributed by atoms with Crippen LogP contribution in [0.25, 0.3) is 44.5 Å². The van der Waals surface area contributed by atoms with E-state index in [-0.39, 0.29) is 95.6 Å². The minimum Gasteiger partial charge on any atom is -0.756 e. The summed E-state index contributed by atoms with van der Waals surface area (Å²) in [5.74, 6) is 3.79. The average molecular weight is 1200 g/mol. The minimum atomic E-state index is -6.34. The highest BCUT2D eigenvalue weighted by molar-refractivity contribution is 7.68. The Balaban J connectivity index is 0.772. The van der Waals surface area contributed by atoms with Gasteiger partial charge in [0.05, 0.1) is 35.8 Å². The lowest BCUT2D eigenvalue weighted by molar-refractivity contribution is -0.254. The van der Waals surface area contributed by atoms with Crippen molar-refractivity contribution in [2.24, 2.45) is 0 Å². The van der Waals surface area contributed by atoms with E-state index in [0.717, 1.165) is 0 Å². The average Bonchev–Trinajstić information content (AvgIpc) is 4.15. The lowest BCUT2D eigenvalue weighted by atomic mass is 9.90. The number of phosphoric acid groups is 4. The van der Waals surface area contributed by atoms with Gasteiger partial charge in [0.1, 0.15) is 41.1 Å². The summed E-state index contributed by atoms with van der Waals surface area (Å²) >= 11 is 0. The van der Waals surface area contributed by atoms with E-state index >= 15 is 0 Å². The maximum absolute atomic E-state index is 13.1. The Labute approximate surface area is 459 Å². The normalized spacial score (nSPS) is 17.3. The molecule has 3 amide bonds. The number of rotatable bonds is 27. The van der Waals surface area contributed by atoms with Crippen molar-refractivity contribution < 1.29 is 98.4 Å². The second kappa shape index (κ2) is 26.9. The first-order valence-corrected chi connectivity index (χ1v) is 30.4. The highest BCUT2D eigenvalue weighted by atomic mass is 31.3. The van der Waals surface area contributed by atoms with E-state index < -0.39 is 62.1 Å². The number of hydrogen-bond acceptors (Lipinski definition) is 24. The van der Waals surface area contributed by atoms with Crippen molar-refractivity contribution in [2.75, 3.05) is 39.1 Å². The van der Waals surface area contributed by atoms with Crippen LogP contribution in [0.5, 0.6) is 5.75 Å². The molecule has 2 aromatic carbocycles. The Hall–Kier alpha value is -6.69. The molecule has 4 heterocycles. The second-order valence-corrected chi connectivity index (χ2v) is 24.1. The molecule has 434 valence electrons. The van der Waals surface area contributed by atoms with Gasteiger partial charge in [-0.05, 0) is 80.5 Å². The number of nitrogen functional groups attached to an aromatic ring is 1. The number of benzene rings is 3. The molecule has 1 aliphatic carbocycles. The van der Waals surface area contributed by atoms with Crippen LogP contribution in [0.4, 0.5) is 5.82 Å². The van der Waals surface area contributed by atoms with Gasteiger partial charge in [0.25, 0.3) is 37.2 Å². The van der Waals surface area contributed by atoms with E-state index in [2.05, 4.69) is 59.7 Å². The summed E-state index contributed by atoms with van der Waals surface area (Å²) in [4.78, 5) is 118. The third-order valence-electron chi connectivity index (χ3n) is 12.1. The lowest BCUT2D eigenvalue weighted by Gasteiger charge is -2.36. The van der Waals surface area contributed by atoms with Gasteiger partial charge in [-0.3, -0.25) is 37.4 Å². The fraction of sp³-hybridized carbons (Fsp3) is 0.354. The standard InChI is InChI=1S/C48H55N7O22P4/c1-71-78(63,64)75-80(67,68)77-81(69,70)76-79(65,66)72-27-33-15-19-42(73-33)55-26-30(43-45(49)53-28-54-46(43)55)9-8-22-51-41(59)11-4-2-6-20-50-40(58)10-5-3-7-21-52-47(60)29-12-16-34(37(23-29)48(61)62)44-35-17-13-31(56)24-38(35)74-39-25-32(57)14-18-36(39)44/h12-14,16-18,23-26,28,33,42,56H,2-7,10-11,15,19-22,27H2,1H3,(H,50,58)(H,51,59)(H,52,60)(H,61,62)(H,63,64)(H,65,66)(H,67,68)(H,69,70)(H2,49,53,54)/p-4/t33-,42+/m0/s1. The number of amides is 3. The number of fused-ring (bicyclic) bond motifs is 3. The lowest BCUT2D eigenvalue weighted by Crippen LogP contribution is -2.25. The summed E-state index contributed by atoms with van der Waals surface area (Å²) in [6.45, 7) is -0.146. The van der Waals surface area contributed by atoms with E-state index in [9.17, 15) is 72.0 Å². The highest BCUT2D eigenvalue weighted by Gasteiger charge is 2.33. The largest absolute Gasteiger partial charge is 0.756 e. The molecule has 2 aliphatic heterocycles. The Kier molecular flexibility index (Phi) is 20.6. The van der Waals surface area contributed by atoms with Gasteiger partial charge in [-0.15, -0.1) is 0 Å². The van der Waals surface area contributed by atoms with Gasteiger partial charge in [0.2, 0.25) is 11.8 Å². The number of aromatic nitrogens is 3. The predicted octanol–water partition coefficient (Wildman–Crippen LogP) is 3.69. The van der Waals surface area contributed by atoms with Crippen LogP contribution in [-0.4, -0.2) is 87.9 Å². The molecule has 1 saturated heterocycles. The first-order chi connectivity index (χ1) is 38.3. The number of carbonyl (C=O) groups is 4. The van der Waals surface area contributed by atoms with Crippen LogP contribution >= 0.6 is 31.3 Å². The number of nitrogens with zero attached hydrogens (tertiary/aromatic N) is 3. The van der Waals surface area contributed by atoms with Gasteiger partial charge in [-0.25, -0.2) is 27.7 Å². The van der Waals surface area contributed by atoms with Crippen molar-refractivity contribution in [3.63, 3.8) is 0 Å². The van der Waals surface area contributed by atoms with Crippen LogP contribution < -0.4 is 46.7 Å². The summed E-state index contributed by atoms with van der Waals surface area (Å²) in [5.41, 5.74) is 7.88. The molecule has 0 saturated carbocycles. The zero-order valence-corrected chi connectivity index (χ0v) is 46.2. The summed E-state index contributed by atoms with van der Waals surface area (Å²) in [6, 6.07) is 12.8. The molecule has 2 aromatic heterocycles. The number of phenolic OH excluding ortho intramolecular Hbond substituents is 1. The van der Waals surface area contributed by atoms with Crippen molar-refractivity contribution in [1.29, 1.82) is 0 Å². The fourth-order valence-corrected chi connectivity index (χ4v) is 13.0. The number of phosphoric ester groups is 2. The molecule has 0 bridgehead atoms. The third-order valence-corrected chi connectivity index (χ3v) is 17.8. The fourth-order valence-electron chi connectivity index (χ4n) is 8.46. The van der Waals surface area contributed by atoms with Crippen LogP contribution in [0.15, 0.2) is 76.3 Å². The van der Waals surface area contributed by atoms with E-state index in [4.69, 9.17) is 14.9 Å². The summed E-state index contributed by atoms with van der Waals surface area (Å²) in [5, 5.41) is 29.5. The van der Waals surface area contributed by atoms with E-state index in [0.29, 0.717) is 85.3 Å². The molecule has 0 radical (unpaired) electrons. The number of anilines is 1. The Morgan fingerprint density at radius 1 is 0.802 bits per heavy atom. The Morgan fingerprint density at radius 3 is 2.17 bits per heavy atom. The predicted molar refractivity (Wildman–Crippen MR) is 277 cm³/mol. The maximum atomic E-state index is 13.1. The SMILES string of the molecule is COP(=O)([O-])OP(=O)([O-])OP(=O)([O-])OP(=O)([O-])OC[C@@H]1CC[C@H](n2cc(C#CCNC(=O)CCCCCNC(=O)CCCCCNC(=O)c3ccc(-c4c5ccc(=O)cc-5oc5cc(O)ccc45)c(C(=O)O)c3)c3c(N)ncnc32)O1. The number of carboxylic acid groups (broad SMARTS) is 1. The molecular formula is C48H51N7O22P4-4. The summed E-state index contributed by atoms with van der Waals surface area (Å²) in [6.07, 6.45) is 5.43. The molecule has 4 unspecified atom stereocenters. The topological polar surface area (TPSA) is 448 Å². The van der Waals surface area contributed by atoms with E-state index in [1.165, 1.54) is 54.9 Å². The van der Waals surface area contributed by atoms with Gasteiger partial charge in [-0.2, -0.15) is 0 Å². The van der Waals surface area contributed by atoms with E-state index in [1.807, 2.05) is 0 Å². The van der Waals surface area contributed by atoms with Gasteiger partial charge in [-0.1, -0.05) is 30.7 Å². The smallest absolute Gasteiger partial charge is 0.336 e. The number of unbranched alkanes of at least 4 members (excludes halogenated alkanes) is 4. The zero-order chi connectivity index (χ0) is 58.7. The van der Waals surface area contributed by atoms with Crippen LogP contribution in [0, 0.1) is 11.8 Å². The molecule has 1 fully saturated rings. The zero-order valence-electron chi connectivity index (χ0n) is 42.7.